The topological polar surface area (TPSA) is 51.2 Å². The summed E-state index contributed by atoms with van der Waals surface area (Å²) in [6.45, 7) is 2.38. The first-order chi connectivity index (χ1) is 15.0. The Bertz CT molecular complexity index is 1290. The van der Waals surface area contributed by atoms with Gasteiger partial charge in [-0.05, 0) is 43.3 Å². The fourth-order valence-corrected chi connectivity index (χ4v) is 3.24. The van der Waals surface area contributed by atoms with Gasteiger partial charge in [0.25, 0.3) is 5.91 Å². The van der Waals surface area contributed by atoms with Crippen molar-refractivity contribution in [2.45, 2.75) is 6.92 Å². The molecule has 4 rings (SSSR count). The average Bonchev–Trinajstić information content (AvgIpc) is 2.79. The number of ether oxygens (including phenoxy) is 1. The molecule has 156 valence electrons. The molecule has 31 heavy (non-hydrogen) atoms. The van der Waals surface area contributed by atoms with Crippen LogP contribution >= 0.6 is 0 Å². The quantitative estimate of drug-likeness (QED) is 0.403. The molecular formula is C24H17F3N2O2. The van der Waals surface area contributed by atoms with Gasteiger partial charge in [-0.25, -0.2) is 18.2 Å². The van der Waals surface area contributed by atoms with Gasteiger partial charge in [-0.1, -0.05) is 30.3 Å². The number of hydrogen-bond acceptors (Lipinski definition) is 3. The second-order valence-electron chi connectivity index (χ2n) is 6.71. The Morgan fingerprint density at radius 2 is 1.77 bits per heavy atom. The monoisotopic (exact) mass is 422 g/mol. The van der Waals surface area contributed by atoms with Crippen LogP contribution in [0.5, 0.6) is 5.75 Å². The predicted octanol–water partition coefficient (Wildman–Crippen LogP) is 5.97. The van der Waals surface area contributed by atoms with E-state index in [1.54, 1.807) is 36.4 Å². The first-order valence-corrected chi connectivity index (χ1v) is 9.55. The van der Waals surface area contributed by atoms with Gasteiger partial charge in [0.2, 0.25) is 0 Å². The lowest BCUT2D eigenvalue weighted by Crippen LogP contribution is -2.15. The molecule has 1 N–H and O–H groups in total. The third-order valence-electron chi connectivity index (χ3n) is 4.68. The molecule has 1 amide bonds. The van der Waals surface area contributed by atoms with E-state index >= 15 is 0 Å². The van der Waals surface area contributed by atoms with Gasteiger partial charge in [0.05, 0.1) is 29.1 Å². The molecule has 0 fully saturated rings. The maximum absolute atomic E-state index is 14.1. The number of rotatable bonds is 5. The van der Waals surface area contributed by atoms with E-state index in [0.29, 0.717) is 29.0 Å². The molecule has 0 saturated carbocycles. The molecule has 4 aromatic rings. The summed E-state index contributed by atoms with van der Waals surface area (Å²) < 4.78 is 46.4. The van der Waals surface area contributed by atoms with Crippen LogP contribution in [-0.2, 0) is 0 Å². The van der Waals surface area contributed by atoms with Crippen LogP contribution in [0.1, 0.15) is 17.3 Å². The zero-order valence-electron chi connectivity index (χ0n) is 16.5. The summed E-state index contributed by atoms with van der Waals surface area (Å²) in [7, 11) is 0. The maximum Gasteiger partial charge on any atom is 0.256 e. The van der Waals surface area contributed by atoms with Crippen molar-refractivity contribution in [2.24, 2.45) is 0 Å². The average molecular weight is 422 g/mol. The molecule has 1 aromatic heterocycles. The summed E-state index contributed by atoms with van der Waals surface area (Å²) in [5.74, 6) is -4.46. The number of pyridine rings is 1. The molecule has 0 bridgehead atoms. The first-order valence-electron chi connectivity index (χ1n) is 9.55. The van der Waals surface area contributed by atoms with Gasteiger partial charge >= 0.3 is 0 Å². The number of amides is 1. The molecule has 0 atom stereocenters. The van der Waals surface area contributed by atoms with Crippen molar-refractivity contribution in [2.75, 3.05) is 11.9 Å². The fourth-order valence-electron chi connectivity index (χ4n) is 3.24. The van der Waals surface area contributed by atoms with E-state index in [2.05, 4.69) is 10.3 Å². The summed E-state index contributed by atoms with van der Waals surface area (Å²) in [5.41, 5.74) is 1.55. The summed E-state index contributed by atoms with van der Waals surface area (Å²) >= 11 is 0. The highest BCUT2D eigenvalue weighted by atomic mass is 19.2. The van der Waals surface area contributed by atoms with E-state index in [1.807, 2.05) is 25.1 Å². The maximum atomic E-state index is 14.1. The molecular weight excluding hydrogens is 405 g/mol. The SMILES string of the molecule is CCOc1cccc(-c2cc(C(=O)Nc3ccc(F)c(F)c3F)c3ccccc3n2)c1. The van der Waals surface area contributed by atoms with Gasteiger partial charge in [0.15, 0.2) is 17.5 Å². The van der Waals surface area contributed by atoms with Gasteiger partial charge in [-0.2, -0.15) is 0 Å². The highest BCUT2D eigenvalue weighted by Gasteiger charge is 2.19. The highest BCUT2D eigenvalue weighted by molar-refractivity contribution is 6.13. The molecule has 1 heterocycles. The zero-order valence-corrected chi connectivity index (χ0v) is 16.5. The summed E-state index contributed by atoms with van der Waals surface area (Å²) in [6, 6.07) is 17.5. The van der Waals surface area contributed by atoms with Crippen LogP contribution in [0, 0.1) is 17.5 Å². The van der Waals surface area contributed by atoms with Crippen LogP contribution < -0.4 is 10.1 Å². The number of halogens is 3. The Kier molecular flexibility index (Phi) is 5.58. The van der Waals surface area contributed by atoms with E-state index in [4.69, 9.17) is 4.74 Å². The van der Waals surface area contributed by atoms with Crippen molar-refractivity contribution >= 4 is 22.5 Å². The van der Waals surface area contributed by atoms with Crippen molar-refractivity contribution in [3.63, 3.8) is 0 Å². The number of nitrogens with zero attached hydrogens (tertiary/aromatic N) is 1. The lowest BCUT2D eigenvalue weighted by atomic mass is 10.0. The Morgan fingerprint density at radius 1 is 0.968 bits per heavy atom. The standard InChI is InChI=1S/C24H17F3N2O2/c1-2-31-15-7-5-6-14(12-15)21-13-17(16-8-3-4-9-19(16)28-21)24(30)29-20-11-10-18(25)22(26)23(20)27/h3-13H,2H2,1H3,(H,29,30). The van der Waals surface area contributed by atoms with Gasteiger partial charge < -0.3 is 10.1 Å². The summed E-state index contributed by atoms with van der Waals surface area (Å²) in [5, 5.41) is 2.86. The summed E-state index contributed by atoms with van der Waals surface area (Å²) in [4.78, 5) is 17.6. The third kappa shape index (κ3) is 4.07. The van der Waals surface area contributed by atoms with E-state index in [0.717, 1.165) is 17.7 Å². The number of nitrogens with one attached hydrogen (secondary N) is 1. The number of carbonyl (C=O) groups excluding carboxylic acids is 1. The van der Waals surface area contributed by atoms with Crippen LogP contribution in [0.2, 0.25) is 0 Å². The van der Waals surface area contributed by atoms with Crippen molar-refractivity contribution < 1.29 is 22.7 Å². The van der Waals surface area contributed by atoms with E-state index in [1.165, 1.54) is 0 Å². The largest absolute Gasteiger partial charge is 0.494 e. The predicted molar refractivity (Wildman–Crippen MR) is 113 cm³/mol. The van der Waals surface area contributed by atoms with E-state index in [9.17, 15) is 18.0 Å². The lowest BCUT2D eigenvalue weighted by molar-refractivity contribution is 0.102. The number of hydrogen-bond donors (Lipinski definition) is 1. The van der Waals surface area contributed by atoms with Crippen LogP contribution in [0.15, 0.2) is 66.7 Å². The number of aromatic nitrogens is 1. The van der Waals surface area contributed by atoms with Gasteiger partial charge in [-0.15, -0.1) is 0 Å². The second kappa shape index (κ2) is 8.47. The normalized spacial score (nSPS) is 10.8. The molecule has 0 aliphatic heterocycles. The molecule has 4 nitrogen and oxygen atoms in total. The third-order valence-corrected chi connectivity index (χ3v) is 4.68. The Hall–Kier alpha value is -3.87. The zero-order chi connectivity index (χ0) is 22.0. The second-order valence-corrected chi connectivity index (χ2v) is 6.71. The minimum atomic E-state index is -1.65. The van der Waals surface area contributed by atoms with E-state index in [-0.39, 0.29) is 5.56 Å². The first kappa shape index (κ1) is 20.4. The van der Waals surface area contributed by atoms with Crippen molar-refractivity contribution in [3.8, 4) is 17.0 Å². The molecule has 7 heteroatoms. The number of para-hydroxylation sites is 1. The van der Waals surface area contributed by atoms with Crippen molar-refractivity contribution in [3.05, 3.63) is 89.7 Å². The number of anilines is 1. The Labute approximate surface area is 176 Å². The minimum Gasteiger partial charge on any atom is -0.494 e. The molecule has 3 aromatic carbocycles. The smallest absolute Gasteiger partial charge is 0.256 e. The summed E-state index contributed by atoms with van der Waals surface area (Å²) in [6.07, 6.45) is 0. The number of benzene rings is 3. The van der Waals surface area contributed by atoms with Crippen LogP contribution in [0.25, 0.3) is 22.2 Å². The number of carbonyl (C=O) groups is 1. The van der Waals surface area contributed by atoms with Crippen molar-refractivity contribution in [1.82, 2.24) is 4.98 Å². The fraction of sp³-hybridized carbons (Fsp3) is 0.0833. The molecule has 0 aliphatic rings. The van der Waals surface area contributed by atoms with Crippen LogP contribution in [-0.4, -0.2) is 17.5 Å². The van der Waals surface area contributed by atoms with Crippen molar-refractivity contribution in [1.29, 1.82) is 0 Å². The van der Waals surface area contributed by atoms with Gasteiger partial charge in [0.1, 0.15) is 5.75 Å². The molecule has 0 radical (unpaired) electrons. The van der Waals surface area contributed by atoms with E-state index < -0.39 is 29.0 Å². The van der Waals surface area contributed by atoms with Gasteiger partial charge in [0, 0.05) is 10.9 Å². The molecule has 0 saturated heterocycles. The van der Waals surface area contributed by atoms with Crippen LogP contribution in [0.3, 0.4) is 0 Å². The number of fused-ring (bicyclic) bond motifs is 1. The highest BCUT2D eigenvalue weighted by Crippen LogP contribution is 2.28. The Morgan fingerprint density at radius 3 is 2.58 bits per heavy atom. The minimum absolute atomic E-state index is 0.214. The molecule has 0 aliphatic carbocycles. The Balaban J connectivity index is 1.79. The van der Waals surface area contributed by atoms with Gasteiger partial charge in [-0.3, -0.25) is 4.79 Å². The molecule has 0 unspecified atom stereocenters. The molecule has 0 spiro atoms. The lowest BCUT2D eigenvalue weighted by Gasteiger charge is -2.12. The van der Waals surface area contributed by atoms with Crippen LogP contribution in [0.4, 0.5) is 18.9 Å².